The molecule has 2 N–H and O–H groups in total. The molecule has 0 fully saturated rings. The zero-order valence-corrected chi connectivity index (χ0v) is 18.8. The summed E-state index contributed by atoms with van der Waals surface area (Å²) in [6.07, 6.45) is 4.45. The van der Waals surface area contributed by atoms with E-state index in [-0.39, 0.29) is 5.78 Å². The lowest BCUT2D eigenvalue weighted by Crippen LogP contribution is -2.45. The highest BCUT2D eigenvalue weighted by Crippen LogP contribution is 2.19. The Morgan fingerprint density at radius 1 is 0.968 bits per heavy atom. The van der Waals surface area contributed by atoms with E-state index in [9.17, 15) is 22.8 Å². The van der Waals surface area contributed by atoms with Crippen molar-refractivity contribution in [2.45, 2.75) is 51.5 Å². The number of hydrogen-bond donors (Lipinski definition) is 2. The average Bonchev–Trinajstić information content (AvgIpc) is 2.71. The summed E-state index contributed by atoms with van der Waals surface area (Å²) in [6.45, 7) is 1.83. The first-order chi connectivity index (χ1) is 14.7. The smallest absolute Gasteiger partial charge is 0.246 e. The van der Waals surface area contributed by atoms with Crippen LogP contribution in [0, 0.1) is 0 Å². The van der Waals surface area contributed by atoms with E-state index in [2.05, 4.69) is 10.6 Å². The third-order valence-electron chi connectivity index (χ3n) is 4.90. The van der Waals surface area contributed by atoms with Crippen molar-refractivity contribution in [1.29, 1.82) is 0 Å². The highest BCUT2D eigenvalue weighted by atomic mass is 32.2. The molecule has 2 aromatic carbocycles. The normalized spacial score (nSPS) is 12.3. The van der Waals surface area contributed by atoms with Gasteiger partial charge in [0, 0.05) is 24.8 Å². The molecule has 0 heterocycles. The fourth-order valence-electron chi connectivity index (χ4n) is 3.26. The number of hydrogen-bond acceptors (Lipinski definition) is 5. The van der Waals surface area contributed by atoms with E-state index in [1.165, 1.54) is 0 Å². The summed E-state index contributed by atoms with van der Waals surface area (Å²) in [4.78, 5) is 36.4. The molecule has 0 radical (unpaired) electrons. The molecule has 0 aliphatic heterocycles. The van der Waals surface area contributed by atoms with Crippen molar-refractivity contribution < 1.29 is 22.8 Å². The minimum Gasteiger partial charge on any atom is -0.343 e. The van der Waals surface area contributed by atoms with Gasteiger partial charge in [0.25, 0.3) is 0 Å². The Bertz CT molecular complexity index is 1030. The number of carbonyl (C=O) groups is 3. The Labute approximate surface area is 183 Å². The first-order valence-corrected chi connectivity index (χ1v) is 12.5. The topological polar surface area (TPSA) is 109 Å². The second-order valence-electron chi connectivity index (χ2n) is 7.73. The van der Waals surface area contributed by atoms with Gasteiger partial charge in [-0.2, -0.15) is 0 Å². The van der Waals surface area contributed by atoms with Gasteiger partial charge in [-0.3, -0.25) is 14.4 Å². The molecule has 0 aromatic heterocycles. The van der Waals surface area contributed by atoms with Crippen LogP contribution < -0.4 is 10.6 Å². The molecule has 7 nitrogen and oxygen atoms in total. The quantitative estimate of drug-likeness (QED) is 0.487. The zero-order chi connectivity index (χ0) is 22.9. The maximum absolute atomic E-state index is 12.8. The van der Waals surface area contributed by atoms with Crippen LogP contribution in [0.1, 0.15) is 45.4 Å². The second kappa shape index (κ2) is 11.6. The van der Waals surface area contributed by atoms with Gasteiger partial charge >= 0.3 is 0 Å². The third-order valence-corrected chi connectivity index (χ3v) is 5.69. The number of sulfone groups is 1. The first-order valence-electron chi connectivity index (χ1n) is 10.5. The average molecular weight is 447 g/mol. The summed E-state index contributed by atoms with van der Waals surface area (Å²) in [5, 5.41) is 7.37. The molecule has 0 unspecified atom stereocenters. The summed E-state index contributed by atoms with van der Waals surface area (Å²) in [5.74, 6) is -1.58. The minimum atomic E-state index is -3.50. The van der Waals surface area contributed by atoms with Gasteiger partial charge in [-0.1, -0.05) is 50.1 Å². The molecule has 2 amide bonds. The molecule has 0 saturated carbocycles. The van der Waals surface area contributed by atoms with Crippen LogP contribution in [-0.2, 0) is 24.2 Å². The number of anilines is 1. The van der Waals surface area contributed by atoms with Crippen molar-refractivity contribution in [2.75, 3.05) is 17.3 Å². The van der Waals surface area contributed by atoms with E-state index in [4.69, 9.17) is 0 Å². The van der Waals surface area contributed by atoms with Crippen LogP contribution in [-0.4, -0.2) is 44.1 Å². The Kier molecular flexibility index (Phi) is 9.18. The van der Waals surface area contributed by atoms with E-state index < -0.39 is 33.4 Å². The van der Waals surface area contributed by atoms with Crippen LogP contribution in [0.5, 0.6) is 0 Å². The fraction of sp³-hybridized carbons (Fsp3) is 0.435. The van der Waals surface area contributed by atoms with Crippen molar-refractivity contribution in [3.05, 3.63) is 42.5 Å². The number of carbonyl (C=O) groups excluding carboxylic acids is 3. The van der Waals surface area contributed by atoms with Crippen molar-refractivity contribution in [2.24, 2.45) is 0 Å². The molecule has 0 spiro atoms. The fourth-order valence-corrected chi connectivity index (χ4v) is 3.82. The van der Waals surface area contributed by atoms with Crippen LogP contribution in [0.15, 0.2) is 42.5 Å². The van der Waals surface area contributed by atoms with Gasteiger partial charge in [-0.25, -0.2) is 8.42 Å². The molecule has 31 heavy (non-hydrogen) atoms. The van der Waals surface area contributed by atoms with Crippen molar-refractivity contribution in [3.63, 3.8) is 0 Å². The number of unbranched alkanes of at least 4 members (excludes halogenated alkanes) is 2. The summed E-state index contributed by atoms with van der Waals surface area (Å²) >= 11 is 0. The van der Waals surface area contributed by atoms with Crippen LogP contribution in [0.25, 0.3) is 10.8 Å². The molecule has 0 saturated heterocycles. The Balaban J connectivity index is 2.02. The Morgan fingerprint density at radius 3 is 2.35 bits per heavy atom. The van der Waals surface area contributed by atoms with E-state index >= 15 is 0 Å². The summed E-state index contributed by atoms with van der Waals surface area (Å²) in [7, 11) is -3.50. The largest absolute Gasteiger partial charge is 0.343 e. The Hall–Kier alpha value is -2.74. The number of ketones is 1. The molecular formula is C23H30N2O5S. The lowest BCUT2D eigenvalue weighted by Gasteiger charge is -2.18. The molecule has 0 aliphatic carbocycles. The predicted molar refractivity (Wildman–Crippen MR) is 123 cm³/mol. The molecule has 2 rings (SSSR count). The van der Waals surface area contributed by atoms with Crippen molar-refractivity contribution in [1.82, 2.24) is 5.32 Å². The molecule has 168 valence electrons. The molecule has 1 atom stereocenters. The van der Waals surface area contributed by atoms with Gasteiger partial charge in [0.05, 0.1) is 0 Å². The monoisotopic (exact) mass is 446 g/mol. The lowest BCUT2D eigenvalue weighted by atomic mass is 10.0. The summed E-state index contributed by atoms with van der Waals surface area (Å²) in [5.41, 5.74) is 0.597. The minimum absolute atomic E-state index is 0.201. The van der Waals surface area contributed by atoms with Gasteiger partial charge in [0.1, 0.15) is 17.6 Å². The van der Waals surface area contributed by atoms with Crippen LogP contribution in [0.2, 0.25) is 0 Å². The maximum Gasteiger partial charge on any atom is 0.246 e. The molecule has 2 aromatic rings. The van der Waals surface area contributed by atoms with Gasteiger partial charge in [0.2, 0.25) is 11.8 Å². The summed E-state index contributed by atoms with van der Waals surface area (Å²) in [6, 6.07) is 12.4. The lowest BCUT2D eigenvalue weighted by molar-refractivity contribution is -0.125. The van der Waals surface area contributed by atoms with Crippen LogP contribution in [0.3, 0.4) is 0 Å². The van der Waals surface area contributed by atoms with E-state index in [1.54, 1.807) is 6.07 Å². The number of benzene rings is 2. The maximum atomic E-state index is 12.8. The number of fused-ring (bicyclic) bond motifs is 1. The van der Waals surface area contributed by atoms with Gasteiger partial charge in [-0.05, 0) is 35.7 Å². The molecule has 0 bridgehead atoms. The zero-order valence-electron chi connectivity index (χ0n) is 18.0. The van der Waals surface area contributed by atoms with Gasteiger partial charge in [-0.15, -0.1) is 0 Å². The molecular weight excluding hydrogens is 416 g/mol. The molecule has 0 aliphatic rings. The first kappa shape index (κ1) is 24.5. The van der Waals surface area contributed by atoms with E-state index in [0.29, 0.717) is 31.4 Å². The van der Waals surface area contributed by atoms with Crippen molar-refractivity contribution >= 4 is 43.9 Å². The Morgan fingerprint density at radius 2 is 1.68 bits per heavy atom. The number of Topliss-reactive ketones (excluding diaryl/α,β-unsaturated/α-hetero) is 1. The summed E-state index contributed by atoms with van der Waals surface area (Å²) < 4.78 is 22.8. The highest BCUT2D eigenvalue weighted by molar-refractivity contribution is 7.91. The number of amides is 2. The third kappa shape index (κ3) is 8.88. The highest BCUT2D eigenvalue weighted by Gasteiger charge is 2.22. The number of nitrogens with one attached hydrogen (secondary N) is 2. The standard InChI is InChI=1S/C23H30N2O5S/c1-3-20(26)11-5-4-6-12-21(25-22(27)16-31(2,29)30)23(28)24-19-14-13-17-9-7-8-10-18(17)15-19/h7-10,13-15,21H,3-6,11-12,16H2,1-2H3,(H,24,28)(H,25,27)/t21-/m0/s1. The SMILES string of the molecule is CCC(=O)CCCCC[C@H](NC(=O)CS(C)(=O)=O)C(=O)Nc1ccc2ccccc2c1. The second-order valence-corrected chi connectivity index (χ2v) is 9.87. The van der Waals surface area contributed by atoms with Crippen molar-refractivity contribution in [3.8, 4) is 0 Å². The van der Waals surface area contributed by atoms with Crippen LogP contribution >= 0.6 is 0 Å². The van der Waals surface area contributed by atoms with E-state index in [1.807, 2.05) is 43.3 Å². The van der Waals surface area contributed by atoms with Gasteiger partial charge < -0.3 is 10.6 Å². The molecule has 8 heteroatoms. The van der Waals surface area contributed by atoms with Crippen LogP contribution in [0.4, 0.5) is 5.69 Å². The van der Waals surface area contributed by atoms with Gasteiger partial charge in [0.15, 0.2) is 9.84 Å². The number of rotatable bonds is 12. The van der Waals surface area contributed by atoms with E-state index in [0.717, 1.165) is 29.9 Å². The predicted octanol–water partition coefficient (Wildman–Crippen LogP) is 3.24.